The van der Waals surface area contributed by atoms with Crippen LogP contribution in [0.3, 0.4) is 0 Å². The Labute approximate surface area is 183 Å². The van der Waals surface area contributed by atoms with Gasteiger partial charge in [0.2, 0.25) is 0 Å². The van der Waals surface area contributed by atoms with Crippen molar-refractivity contribution in [2.75, 3.05) is 6.61 Å². The first-order valence-electron chi connectivity index (χ1n) is 10.6. The highest BCUT2D eigenvalue weighted by atomic mass is 28.4. The number of aryl methyl sites for hydroxylation is 2. The monoisotopic (exact) mass is 450 g/mol. The van der Waals surface area contributed by atoms with Gasteiger partial charge in [0, 0.05) is 24.7 Å². The molecule has 2 aromatic heterocycles. The van der Waals surface area contributed by atoms with E-state index in [4.69, 9.17) is 13.3 Å². The Morgan fingerprint density at radius 1 is 0.935 bits per heavy atom. The summed E-state index contributed by atoms with van der Waals surface area (Å²) in [5, 5.41) is 21.0. The maximum atomic E-state index is 12.5. The summed E-state index contributed by atoms with van der Waals surface area (Å²) in [6, 6.07) is 2.66. The minimum atomic E-state index is -1.87. The van der Waals surface area contributed by atoms with Gasteiger partial charge in [0.05, 0.1) is 11.1 Å². The molecule has 8 heteroatoms. The van der Waals surface area contributed by atoms with Crippen LogP contribution in [0.5, 0.6) is 11.5 Å². The maximum absolute atomic E-state index is 12.5. The average molecular weight is 451 g/mol. The first-order valence-corrected chi connectivity index (χ1v) is 13.5. The molecule has 2 rings (SSSR count). The van der Waals surface area contributed by atoms with Crippen molar-refractivity contribution < 1.29 is 23.5 Å². The Balaban J connectivity index is 2.30. The van der Waals surface area contributed by atoms with Crippen LogP contribution >= 0.6 is 0 Å². The van der Waals surface area contributed by atoms with Gasteiger partial charge in [0.15, 0.2) is 8.32 Å². The van der Waals surface area contributed by atoms with Crippen LogP contribution in [0.25, 0.3) is 0 Å². The first-order chi connectivity index (χ1) is 14.2. The molecule has 0 unspecified atom stereocenters. The van der Waals surface area contributed by atoms with Gasteiger partial charge >= 0.3 is 11.3 Å². The Kier molecular flexibility index (Phi) is 7.60. The van der Waals surface area contributed by atoms with Crippen molar-refractivity contribution in [2.45, 2.75) is 77.9 Å². The quantitative estimate of drug-likeness (QED) is 0.433. The summed E-state index contributed by atoms with van der Waals surface area (Å²) in [4.78, 5) is 25.1. The molecule has 0 aliphatic heterocycles. The fourth-order valence-electron chi connectivity index (χ4n) is 3.28. The Morgan fingerprint density at radius 2 is 1.39 bits per heavy atom. The lowest BCUT2D eigenvalue weighted by Crippen LogP contribution is -2.40. The molecule has 0 amide bonds. The van der Waals surface area contributed by atoms with Crippen molar-refractivity contribution >= 4 is 8.32 Å². The maximum Gasteiger partial charge on any atom is 0.343 e. The number of unbranched alkanes of at least 4 members (excludes halogenated alkanes) is 1. The van der Waals surface area contributed by atoms with E-state index < -0.39 is 25.5 Å². The van der Waals surface area contributed by atoms with Crippen LogP contribution < -0.4 is 11.3 Å². The fraction of sp³-hybridized carbons (Fsp3) is 0.565. The molecule has 0 bridgehead atoms. The second kappa shape index (κ2) is 9.44. The molecule has 0 atom stereocenters. The van der Waals surface area contributed by atoms with Crippen molar-refractivity contribution in [3.63, 3.8) is 0 Å². The number of hydrogen-bond donors (Lipinski definition) is 2. The number of aromatic hydroxyl groups is 2. The van der Waals surface area contributed by atoms with E-state index in [-0.39, 0.29) is 39.2 Å². The van der Waals surface area contributed by atoms with Crippen LogP contribution in [0.1, 0.15) is 68.6 Å². The van der Waals surface area contributed by atoms with E-state index in [0.29, 0.717) is 25.9 Å². The summed E-state index contributed by atoms with van der Waals surface area (Å²) >= 11 is 0. The molecule has 0 aliphatic carbocycles. The zero-order valence-corrected chi connectivity index (χ0v) is 20.5. The van der Waals surface area contributed by atoms with E-state index >= 15 is 0 Å². The molecule has 0 fully saturated rings. The third kappa shape index (κ3) is 5.89. The summed E-state index contributed by atoms with van der Waals surface area (Å²) in [6.07, 6.45) is 1.65. The zero-order valence-electron chi connectivity index (χ0n) is 19.5. The lowest BCUT2D eigenvalue weighted by atomic mass is 9.87. The van der Waals surface area contributed by atoms with E-state index in [1.165, 1.54) is 12.1 Å². The van der Waals surface area contributed by atoms with Gasteiger partial charge in [-0.3, -0.25) is 0 Å². The highest BCUT2D eigenvalue weighted by molar-refractivity contribution is 6.74. The highest BCUT2D eigenvalue weighted by Crippen LogP contribution is 2.38. The molecular weight excluding hydrogens is 416 g/mol. The van der Waals surface area contributed by atoms with Gasteiger partial charge in [-0.1, -0.05) is 27.2 Å². The number of rotatable bonds is 8. The molecule has 31 heavy (non-hydrogen) atoms. The molecule has 2 N–H and O–H groups in total. The molecule has 0 spiro atoms. The summed E-state index contributed by atoms with van der Waals surface area (Å²) < 4.78 is 16.5. The molecular formula is C23H34O7Si. The number of hydrogen-bond acceptors (Lipinski definition) is 7. The molecule has 0 saturated carbocycles. The van der Waals surface area contributed by atoms with Gasteiger partial charge in [0.1, 0.15) is 23.0 Å². The molecule has 0 saturated heterocycles. The third-order valence-corrected chi connectivity index (χ3v) is 10.6. The molecule has 0 aromatic carbocycles. The van der Waals surface area contributed by atoms with Gasteiger partial charge < -0.3 is 23.5 Å². The highest BCUT2D eigenvalue weighted by Gasteiger charge is 2.37. The predicted octanol–water partition coefficient (Wildman–Crippen LogP) is 4.95. The lowest BCUT2D eigenvalue weighted by molar-refractivity contribution is 0.276. The molecule has 7 nitrogen and oxygen atoms in total. The topological polar surface area (TPSA) is 110 Å². The average Bonchev–Trinajstić information content (AvgIpc) is 2.58. The van der Waals surface area contributed by atoms with E-state index in [0.717, 1.165) is 0 Å². The molecule has 2 heterocycles. The SMILES string of the molecule is Cc1cc(O)c(C(CCCCO[Si](C)(C)C(C)(C)C)c2c(O)cc(C)oc2=O)c(=O)o1. The van der Waals surface area contributed by atoms with Crippen molar-refractivity contribution in [2.24, 2.45) is 0 Å². The van der Waals surface area contributed by atoms with Crippen molar-refractivity contribution in [3.8, 4) is 11.5 Å². The Hall–Kier alpha value is -2.32. The zero-order chi connectivity index (χ0) is 23.6. The van der Waals surface area contributed by atoms with Gasteiger partial charge in [-0.05, 0) is 44.8 Å². The van der Waals surface area contributed by atoms with Crippen LogP contribution in [0.2, 0.25) is 18.1 Å². The van der Waals surface area contributed by atoms with Crippen LogP contribution in [-0.4, -0.2) is 25.1 Å². The smallest absolute Gasteiger partial charge is 0.343 e. The van der Waals surface area contributed by atoms with Crippen LogP contribution in [0.15, 0.2) is 30.6 Å². The van der Waals surface area contributed by atoms with E-state index in [2.05, 4.69) is 33.9 Å². The van der Waals surface area contributed by atoms with Gasteiger partial charge in [-0.2, -0.15) is 0 Å². The van der Waals surface area contributed by atoms with E-state index in [9.17, 15) is 19.8 Å². The Morgan fingerprint density at radius 3 is 1.77 bits per heavy atom. The van der Waals surface area contributed by atoms with Crippen molar-refractivity contribution in [1.29, 1.82) is 0 Å². The minimum absolute atomic E-state index is 0.0534. The summed E-state index contributed by atoms with van der Waals surface area (Å²) in [5.74, 6) is -0.881. The predicted molar refractivity (Wildman–Crippen MR) is 122 cm³/mol. The third-order valence-electron chi connectivity index (χ3n) is 6.03. The van der Waals surface area contributed by atoms with E-state index in [1.807, 2.05) is 0 Å². The second-order valence-electron chi connectivity index (χ2n) is 9.54. The normalized spacial score (nSPS) is 12.5. The Bertz CT molecular complexity index is 962. The van der Waals surface area contributed by atoms with E-state index in [1.54, 1.807) is 13.8 Å². The molecule has 0 radical (unpaired) electrons. The van der Waals surface area contributed by atoms with Gasteiger partial charge in [-0.15, -0.1) is 0 Å². The largest absolute Gasteiger partial charge is 0.507 e. The molecule has 2 aromatic rings. The molecule has 0 aliphatic rings. The van der Waals surface area contributed by atoms with Crippen molar-refractivity contribution in [1.82, 2.24) is 0 Å². The van der Waals surface area contributed by atoms with Crippen LogP contribution in [0, 0.1) is 13.8 Å². The summed E-state index contributed by atoms with van der Waals surface area (Å²) in [7, 11) is -1.87. The second-order valence-corrected chi connectivity index (χ2v) is 14.4. The first kappa shape index (κ1) is 24.9. The fourth-order valence-corrected chi connectivity index (χ4v) is 4.37. The molecule has 172 valence electrons. The summed E-state index contributed by atoms with van der Waals surface area (Å²) in [6.45, 7) is 14.6. The van der Waals surface area contributed by atoms with Gasteiger partial charge in [0.25, 0.3) is 0 Å². The van der Waals surface area contributed by atoms with Crippen LogP contribution in [0.4, 0.5) is 0 Å². The minimum Gasteiger partial charge on any atom is -0.507 e. The summed E-state index contributed by atoms with van der Waals surface area (Å²) in [5.41, 5.74) is -1.58. The standard InChI is InChI=1S/C23H34O7Si/c1-14-12-17(24)19(21(26)29-14)16(20-18(25)13-15(2)30-22(20)27)10-8-9-11-28-31(6,7)23(3,4)5/h12-13,16,24-25H,8-11H2,1-7H3. The van der Waals surface area contributed by atoms with Crippen molar-refractivity contribution in [3.05, 3.63) is 55.6 Å². The van der Waals surface area contributed by atoms with Gasteiger partial charge in [-0.25, -0.2) is 9.59 Å². The van der Waals surface area contributed by atoms with Crippen LogP contribution in [-0.2, 0) is 4.43 Å². The lowest BCUT2D eigenvalue weighted by Gasteiger charge is -2.36.